The first-order valence-corrected chi connectivity index (χ1v) is 6.11. The molecular formula is C14H15N3O4. The summed E-state index contributed by atoms with van der Waals surface area (Å²) in [6, 6.07) is 5.10. The van der Waals surface area contributed by atoms with Crippen molar-refractivity contribution in [2.24, 2.45) is 0 Å². The Balaban J connectivity index is 2.66. The van der Waals surface area contributed by atoms with Crippen molar-refractivity contribution in [2.75, 3.05) is 14.2 Å². The molecule has 0 aliphatic heterocycles. The highest BCUT2D eigenvalue weighted by molar-refractivity contribution is 5.93. The second-order valence-electron chi connectivity index (χ2n) is 4.16. The molecule has 0 atom stereocenters. The van der Waals surface area contributed by atoms with Crippen LogP contribution in [0.4, 0.5) is 0 Å². The molecule has 1 aromatic heterocycles. The summed E-state index contributed by atoms with van der Waals surface area (Å²) in [7, 11) is 3.05. The first kappa shape index (κ1) is 14.6. The molecule has 7 heteroatoms. The van der Waals surface area contributed by atoms with Gasteiger partial charge in [0.2, 0.25) is 0 Å². The van der Waals surface area contributed by atoms with E-state index in [0.29, 0.717) is 29.3 Å². The molecule has 0 radical (unpaired) electrons. The third kappa shape index (κ3) is 2.86. The number of rotatable bonds is 6. The van der Waals surface area contributed by atoms with E-state index >= 15 is 0 Å². The number of benzene rings is 1. The average molecular weight is 289 g/mol. The Hall–Kier alpha value is -2.83. The minimum absolute atomic E-state index is 0.132. The fourth-order valence-corrected chi connectivity index (χ4v) is 1.94. The smallest absolute Gasteiger partial charge is 0.358 e. The highest BCUT2D eigenvalue weighted by Crippen LogP contribution is 2.31. The number of nitrogens with zero attached hydrogens (tertiary/aromatic N) is 3. The molecule has 0 saturated heterocycles. The van der Waals surface area contributed by atoms with E-state index in [4.69, 9.17) is 9.47 Å². The lowest BCUT2D eigenvalue weighted by atomic mass is 10.1. The van der Waals surface area contributed by atoms with Gasteiger partial charge >= 0.3 is 5.97 Å². The van der Waals surface area contributed by atoms with Gasteiger partial charge in [-0.2, -0.15) is 0 Å². The van der Waals surface area contributed by atoms with Crippen LogP contribution in [0.2, 0.25) is 0 Å². The highest BCUT2D eigenvalue weighted by atomic mass is 16.5. The van der Waals surface area contributed by atoms with Gasteiger partial charge in [0.1, 0.15) is 17.2 Å². The van der Waals surface area contributed by atoms with Gasteiger partial charge < -0.3 is 14.6 Å². The van der Waals surface area contributed by atoms with Crippen molar-refractivity contribution in [1.29, 1.82) is 0 Å². The van der Waals surface area contributed by atoms with E-state index in [-0.39, 0.29) is 5.69 Å². The molecule has 1 aromatic carbocycles. The van der Waals surface area contributed by atoms with Crippen LogP contribution in [0.1, 0.15) is 10.5 Å². The van der Waals surface area contributed by atoms with Gasteiger partial charge in [-0.1, -0.05) is 11.3 Å². The molecule has 0 aliphatic rings. The largest absolute Gasteiger partial charge is 0.497 e. The maximum Gasteiger partial charge on any atom is 0.358 e. The summed E-state index contributed by atoms with van der Waals surface area (Å²) in [4.78, 5) is 11.3. The predicted octanol–water partition coefficient (Wildman–Crippen LogP) is 1.85. The zero-order valence-corrected chi connectivity index (χ0v) is 11.7. The van der Waals surface area contributed by atoms with Gasteiger partial charge in [-0.25, -0.2) is 9.48 Å². The average Bonchev–Trinajstić information content (AvgIpc) is 2.91. The summed E-state index contributed by atoms with van der Waals surface area (Å²) >= 11 is 0. The van der Waals surface area contributed by atoms with E-state index in [1.54, 1.807) is 24.3 Å². The van der Waals surface area contributed by atoms with Crippen LogP contribution in [0.3, 0.4) is 0 Å². The van der Waals surface area contributed by atoms with Crippen LogP contribution in [0.5, 0.6) is 11.5 Å². The van der Waals surface area contributed by atoms with Crippen molar-refractivity contribution in [1.82, 2.24) is 15.0 Å². The van der Waals surface area contributed by atoms with Crippen LogP contribution in [-0.2, 0) is 6.54 Å². The Morgan fingerprint density at radius 3 is 2.43 bits per heavy atom. The van der Waals surface area contributed by atoms with Crippen LogP contribution in [0, 0.1) is 0 Å². The maximum atomic E-state index is 11.3. The minimum Gasteiger partial charge on any atom is -0.497 e. The summed E-state index contributed by atoms with van der Waals surface area (Å²) in [5, 5.41) is 16.8. The third-order valence-corrected chi connectivity index (χ3v) is 2.86. The molecule has 7 nitrogen and oxygen atoms in total. The molecule has 1 heterocycles. The quantitative estimate of drug-likeness (QED) is 0.817. The Labute approximate surface area is 121 Å². The Bertz CT molecular complexity index is 657. The third-order valence-electron chi connectivity index (χ3n) is 2.86. The topological polar surface area (TPSA) is 86.5 Å². The zero-order chi connectivity index (χ0) is 15.4. The van der Waals surface area contributed by atoms with Crippen LogP contribution in [0.15, 0.2) is 30.9 Å². The molecule has 110 valence electrons. The second-order valence-corrected chi connectivity index (χ2v) is 4.16. The van der Waals surface area contributed by atoms with Crippen LogP contribution in [-0.4, -0.2) is 40.3 Å². The van der Waals surface area contributed by atoms with Crippen molar-refractivity contribution in [3.63, 3.8) is 0 Å². The summed E-state index contributed by atoms with van der Waals surface area (Å²) in [5.41, 5.74) is 0.835. The van der Waals surface area contributed by atoms with Gasteiger partial charge in [-0.15, -0.1) is 11.7 Å². The van der Waals surface area contributed by atoms with Crippen LogP contribution < -0.4 is 9.47 Å². The second kappa shape index (κ2) is 6.08. The molecule has 1 N–H and O–H groups in total. The van der Waals surface area contributed by atoms with Gasteiger partial charge in [0.25, 0.3) is 0 Å². The maximum absolute atomic E-state index is 11.3. The number of carboxylic acids is 1. The predicted molar refractivity (Wildman–Crippen MR) is 75.7 cm³/mol. The van der Waals surface area contributed by atoms with E-state index in [0.717, 1.165) is 0 Å². The molecule has 0 saturated carbocycles. The van der Waals surface area contributed by atoms with Crippen molar-refractivity contribution in [3.8, 4) is 22.8 Å². The molecule has 0 fully saturated rings. The van der Waals surface area contributed by atoms with Crippen molar-refractivity contribution >= 4 is 5.97 Å². The number of ether oxygens (including phenoxy) is 2. The molecule has 0 amide bonds. The number of aromatic carboxylic acids is 1. The number of aromatic nitrogens is 3. The molecule has 0 unspecified atom stereocenters. The van der Waals surface area contributed by atoms with Crippen molar-refractivity contribution in [2.45, 2.75) is 6.54 Å². The number of carboxylic acid groups (broad SMARTS) is 1. The Kier molecular flexibility index (Phi) is 4.22. The molecule has 0 aliphatic carbocycles. The van der Waals surface area contributed by atoms with Gasteiger partial charge in [-0.3, -0.25) is 0 Å². The van der Waals surface area contributed by atoms with E-state index in [1.807, 2.05) is 0 Å². The van der Waals surface area contributed by atoms with Gasteiger partial charge in [0.15, 0.2) is 5.69 Å². The fraction of sp³-hybridized carbons (Fsp3) is 0.214. The first-order chi connectivity index (χ1) is 10.1. The van der Waals surface area contributed by atoms with Crippen molar-refractivity contribution < 1.29 is 19.4 Å². The van der Waals surface area contributed by atoms with Crippen molar-refractivity contribution in [3.05, 3.63) is 36.5 Å². The lowest BCUT2D eigenvalue weighted by molar-refractivity contribution is 0.0691. The fourth-order valence-electron chi connectivity index (χ4n) is 1.94. The molecule has 2 aromatic rings. The standard InChI is InChI=1S/C14H15N3O4/c1-4-5-17-13(12(14(18)19)15-16-17)9-6-10(20-2)8-11(7-9)21-3/h4,6-8H,1,5H2,2-3H3,(H,18,19). The zero-order valence-electron chi connectivity index (χ0n) is 11.7. The number of methoxy groups -OCH3 is 2. The SMILES string of the molecule is C=CCn1nnc(C(=O)O)c1-c1cc(OC)cc(OC)c1. The van der Waals surface area contributed by atoms with Gasteiger partial charge in [-0.05, 0) is 12.1 Å². The lowest BCUT2D eigenvalue weighted by Gasteiger charge is -2.10. The molecule has 2 rings (SSSR count). The summed E-state index contributed by atoms with van der Waals surface area (Å²) < 4.78 is 11.9. The van der Waals surface area contributed by atoms with E-state index in [1.165, 1.54) is 18.9 Å². The van der Waals surface area contributed by atoms with E-state index in [9.17, 15) is 9.90 Å². The lowest BCUT2D eigenvalue weighted by Crippen LogP contribution is -2.04. The number of hydrogen-bond acceptors (Lipinski definition) is 5. The molecule has 0 spiro atoms. The summed E-state index contributed by atoms with van der Waals surface area (Å²) in [5.74, 6) is -0.0545. The normalized spacial score (nSPS) is 10.2. The Morgan fingerprint density at radius 2 is 1.95 bits per heavy atom. The van der Waals surface area contributed by atoms with Gasteiger partial charge in [0.05, 0.1) is 20.8 Å². The Morgan fingerprint density at radius 1 is 1.33 bits per heavy atom. The van der Waals surface area contributed by atoms with Crippen LogP contribution in [0.25, 0.3) is 11.3 Å². The summed E-state index contributed by atoms with van der Waals surface area (Å²) in [6.07, 6.45) is 1.61. The molecular weight excluding hydrogens is 274 g/mol. The monoisotopic (exact) mass is 289 g/mol. The highest BCUT2D eigenvalue weighted by Gasteiger charge is 2.21. The van der Waals surface area contributed by atoms with E-state index in [2.05, 4.69) is 16.9 Å². The minimum atomic E-state index is -1.15. The number of allylic oxidation sites excluding steroid dienone is 1. The first-order valence-electron chi connectivity index (χ1n) is 6.11. The van der Waals surface area contributed by atoms with Crippen LogP contribution >= 0.6 is 0 Å². The number of carbonyl (C=O) groups is 1. The molecule has 21 heavy (non-hydrogen) atoms. The van der Waals surface area contributed by atoms with E-state index < -0.39 is 5.97 Å². The molecule has 0 bridgehead atoms. The number of hydrogen-bond donors (Lipinski definition) is 1. The summed E-state index contributed by atoms with van der Waals surface area (Å²) in [6.45, 7) is 3.97. The van der Waals surface area contributed by atoms with Gasteiger partial charge in [0, 0.05) is 11.6 Å².